The fraction of sp³-hybridized carbons (Fsp3) is 0.333. The number of ketones is 1. The maximum atomic E-state index is 13.4. The van der Waals surface area contributed by atoms with Gasteiger partial charge in [-0.15, -0.1) is 11.3 Å². The number of esters is 1. The van der Waals surface area contributed by atoms with E-state index in [2.05, 4.69) is 11.4 Å². The lowest BCUT2D eigenvalue weighted by Crippen LogP contribution is -2.36. The molecular formula is C24H25NO5S. The molecule has 2 aromatic rings. The van der Waals surface area contributed by atoms with Crippen molar-refractivity contribution in [3.05, 3.63) is 68.7 Å². The molecule has 0 unspecified atom stereocenters. The highest BCUT2D eigenvalue weighted by Gasteiger charge is 2.41. The number of carbonyl (C=O) groups is 2. The predicted molar refractivity (Wildman–Crippen MR) is 118 cm³/mol. The number of benzene rings is 1. The predicted octanol–water partition coefficient (Wildman–Crippen LogP) is 4.39. The number of phenolic OH excluding ortho intramolecular Hbond substituents is 1. The summed E-state index contributed by atoms with van der Waals surface area (Å²) < 4.78 is 10.6. The fourth-order valence-corrected chi connectivity index (χ4v) is 5.28. The summed E-state index contributed by atoms with van der Waals surface area (Å²) in [6, 6.07) is 8.99. The van der Waals surface area contributed by atoms with Crippen molar-refractivity contribution in [2.24, 2.45) is 0 Å². The molecule has 0 bridgehead atoms. The molecule has 1 aliphatic carbocycles. The fourth-order valence-electron chi connectivity index (χ4n) is 4.45. The summed E-state index contributed by atoms with van der Waals surface area (Å²) in [5.74, 6) is -0.616. The number of phenols is 1. The summed E-state index contributed by atoms with van der Waals surface area (Å²) in [6.07, 6.45) is 1.09. The zero-order valence-corrected chi connectivity index (χ0v) is 18.5. The zero-order chi connectivity index (χ0) is 22.1. The van der Waals surface area contributed by atoms with Gasteiger partial charge in [-0.3, -0.25) is 4.79 Å². The lowest BCUT2D eigenvalue weighted by molar-refractivity contribution is -0.138. The van der Waals surface area contributed by atoms with Crippen molar-refractivity contribution in [1.82, 2.24) is 5.32 Å². The van der Waals surface area contributed by atoms with Crippen molar-refractivity contribution in [3.63, 3.8) is 0 Å². The summed E-state index contributed by atoms with van der Waals surface area (Å²) in [5, 5.41) is 15.4. The Balaban J connectivity index is 1.84. The highest BCUT2D eigenvalue weighted by molar-refractivity contribution is 7.10. The second-order valence-corrected chi connectivity index (χ2v) is 8.66. The van der Waals surface area contributed by atoms with E-state index in [9.17, 15) is 14.7 Å². The minimum absolute atomic E-state index is 0.000467. The molecule has 2 heterocycles. The highest BCUT2D eigenvalue weighted by Crippen LogP contribution is 2.47. The van der Waals surface area contributed by atoms with E-state index >= 15 is 0 Å². The van der Waals surface area contributed by atoms with Crippen LogP contribution in [0.3, 0.4) is 0 Å². The number of aromatic hydroxyl groups is 1. The largest absolute Gasteiger partial charge is 0.504 e. The normalized spacial score (nSPS) is 20.9. The van der Waals surface area contributed by atoms with Crippen molar-refractivity contribution in [3.8, 4) is 11.5 Å². The Hall–Kier alpha value is -3.06. The zero-order valence-electron chi connectivity index (χ0n) is 17.7. The summed E-state index contributed by atoms with van der Waals surface area (Å²) >= 11 is 1.65. The van der Waals surface area contributed by atoms with Gasteiger partial charge >= 0.3 is 5.97 Å². The molecule has 4 rings (SSSR count). The third-order valence-electron chi connectivity index (χ3n) is 5.81. The molecule has 2 N–H and O–H groups in total. The number of rotatable bonds is 5. The van der Waals surface area contributed by atoms with Crippen molar-refractivity contribution >= 4 is 23.1 Å². The van der Waals surface area contributed by atoms with Crippen LogP contribution in [-0.4, -0.2) is 30.6 Å². The van der Waals surface area contributed by atoms with Gasteiger partial charge < -0.3 is 19.9 Å². The van der Waals surface area contributed by atoms with E-state index in [0.717, 1.165) is 5.70 Å². The Labute approximate surface area is 185 Å². The third kappa shape index (κ3) is 3.85. The van der Waals surface area contributed by atoms with Gasteiger partial charge in [-0.2, -0.15) is 0 Å². The number of thiophene rings is 1. The van der Waals surface area contributed by atoms with Gasteiger partial charge in [-0.1, -0.05) is 12.1 Å². The average molecular weight is 440 g/mol. The number of hydrogen-bond acceptors (Lipinski definition) is 7. The number of nitrogens with one attached hydrogen (secondary N) is 1. The Morgan fingerprint density at radius 3 is 2.77 bits per heavy atom. The first-order chi connectivity index (χ1) is 14.9. The Morgan fingerprint density at radius 2 is 2.10 bits per heavy atom. The number of Topliss-reactive ketones (excluding diaryl/α,β-unsaturated/α-hetero) is 1. The van der Waals surface area contributed by atoms with Gasteiger partial charge in [-0.25, -0.2) is 4.79 Å². The maximum absolute atomic E-state index is 13.4. The lowest BCUT2D eigenvalue weighted by atomic mass is 9.72. The van der Waals surface area contributed by atoms with E-state index in [-0.39, 0.29) is 24.1 Å². The number of methoxy groups -OCH3 is 1. The smallest absolute Gasteiger partial charge is 0.336 e. The first-order valence-corrected chi connectivity index (χ1v) is 11.1. The molecule has 1 aliphatic heterocycles. The van der Waals surface area contributed by atoms with Crippen LogP contribution in [0.15, 0.2) is 58.3 Å². The highest BCUT2D eigenvalue weighted by atomic mass is 32.1. The molecule has 162 valence electrons. The van der Waals surface area contributed by atoms with Crippen LogP contribution in [0.2, 0.25) is 0 Å². The molecule has 0 saturated carbocycles. The van der Waals surface area contributed by atoms with Gasteiger partial charge in [0.25, 0.3) is 0 Å². The first-order valence-electron chi connectivity index (χ1n) is 10.3. The second kappa shape index (κ2) is 8.59. The van der Waals surface area contributed by atoms with Gasteiger partial charge in [0.2, 0.25) is 0 Å². The average Bonchev–Trinajstić information content (AvgIpc) is 3.28. The van der Waals surface area contributed by atoms with Gasteiger partial charge in [0.05, 0.1) is 19.3 Å². The van der Waals surface area contributed by atoms with E-state index in [1.165, 1.54) is 18.1 Å². The number of allylic oxidation sites excluding steroid dienone is 3. The molecule has 0 radical (unpaired) electrons. The number of ether oxygens (including phenoxy) is 2. The van der Waals surface area contributed by atoms with Crippen LogP contribution in [0.5, 0.6) is 11.5 Å². The molecule has 0 amide bonds. The first kappa shape index (κ1) is 21.2. The van der Waals surface area contributed by atoms with Crippen LogP contribution in [0.1, 0.15) is 49.0 Å². The number of dihydropyridines is 1. The van der Waals surface area contributed by atoms with Gasteiger partial charge in [0.1, 0.15) is 0 Å². The van der Waals surface area contributed by atoms with Crippen LogP contribution >= 0.6 is 11.3 Å². The van der Waals surface area contributed by atoms with Crippen molar-refractivity contribution < 1.29 is 24.2 Å². The summed E-state index contributed by atoms with van der Waals surface area (Å²) in [7, 11) is 1.47. The molecule has 31 heavy (non-hydrogen) atoms. The maximum Gasteiger partial charge on any atom is 0.336 e. The molecule has 1 aromatic carbocycles. The van der Waals surface area contributed by atoms with Crippen molar-refractivity contribution in [2.45, 2.75) is 38.5 Å². The van der Waals surface area contributed by atoms with Crippen LogP contribution in [0.4, 0.5) is 0 Å². The SMILES string of the molecule is CCOC(=O)C1=C(C)NC2=C(C(=O)C[C@H](c3cccs3)C2)[C@H]1c1ccc(O)c(OC)c1. The number of carbonyl (C=O) groups excluding carboxylic acids is 2. The van der Waals surface area contributed by atoms with Crippen LogP contribution < -0.4 is 10.1 Å². The van der Waals surface area contributed by atoms with Crippen molar-refractivity contribution in [2.75, 3.05) is 13.7 Å². The Kier molecular flexibility index (Phi) is 5.87. The monoisotopic (exact) mass is 439 g/mol. The van der Waals surface area contributed by atoms with Gasteiger partial charge in [0.15, 0.2) is 17.3 Å². The molecule has 7 heteroatoms. The standard InChI is InChI=1S/C24H25NO5S/c1-4-30-24(28)21-13(2)25-16-10-15(20-6-5-9-31-20)11-18(27)23(16)22(21)14-7-8-17(26)19(12-14)29-3/h5-9,12,15,22,25-26H,4,10-11H2,1-3H3/t15-,22+/m1/s1. The second-order valence-electron chi connectivity index (χ2n) is 7.68. The molecule has 0 fully saturated rings. The molecule has 1 aromatic heterocycles. The van der Waals surface area contributed by atoms with E-state index in [1.54, 1.807) is 30.4 Å². The minimum atomic E-state index is -0.582. The van der Waals surface area contributed by atoms with E-state index in [1.807, 2.05) is 18.4 Å². The molecule has 0 spiro atoms. The summed E-state index contributed by atoms with van der Waals surface area (Å²) in [6.45, 7) is 3.83. The van der Waals surface area contributed by atoms with Crippen LogP contribution in [-0.2, 0) is 14.3 Å². The Morgan fingerprint density at radius 1 is 1.29 bits per heavy atom. The summed E-state index contributed by atoms with van der Waals surface area (Å²) in [4.78, 5) is 27.5. The van der Waals surface area contributed by atoms with Gasteiger partial charge in [-0.05, 0) is 49.4 Å². The lowest BCUT2D eigenvalue weighted by Gasteiger charge is -2.36. The molecule has 6 nitrogen and oxygen atoms in total. The van der Waals surface area contributed by atoms with E-state index in [0.29, 0.717) is 41.0 Å². The third-order valence-corrected chi connectivity index (χ3v) is 6.84. The minimum Gasteiger partial charge on any atom is -0.504 e. The van der Waals surface area contributed by atoms with E-state index < -0.39 is 11.9 Å². The summed E-state index contributed by atoms with van der Waals surface area (Å²) in [5.41, 5.74) is 3.23. The molecular weight excluding hydrogens is 414 g/mol. The van der Waals surface area contributed by atoms with Crippen LogP contribution in [0, 0.1) is 0 Å². The van der Waals surface area contributed by atoms with Crippen molar-refractivity contribution in [1.29, 1.82) is 0 Å². The van der Waals surface area contributed by atoms with Crippen LogP contribution in [0.25, 0.3) is 0 Å². The quantitative estimate of drug-likeness (QED) is 0.673. The molecule has 2 aliphatic rings. The topological polar surface area (TPSA) is 84.9 Å². The van der Waals surface area contributed by atoms with E-state index in [4.69, 9.17) is 9.47 Å². The Bertz CT molecular complexity index is 1080. The molecule has 2 atom stereocenters. The number of hydrogen-bond donors (Lipinski definition) is 2. The van der Waals surface area contributed by atoms with Gasteiger partial charge in [0, 0.05) is 40.1 Å². The molecule has 0 saturated heterocycles.